The van der Waals surface area contributed by atoms with Crippen LogP contribution < -0.4 is 0 Å². The van der Waals surface area contributed by atoms with Gasteiger partial charge in [-0.3, -0.25) is 4.79 Å². The van der Waals surface area contributed by atoms with Crippen LogP contribution in [-0.2, 0) is 11.2 Å². The van der Waals surface area contributed by atoms with E-state index in [1.165, 1.54) is 11.1 Å². The molecule has 0 spiro atoms. The summed E-state index contributed by atoms with van der Waals surface area (Å²) in [5, 5.41) is 21.4. The van der Waals surface area contributed by atoms with Gasteiger partial charge in [0.05, 0.1) is 0 Å². The fourth-order valence-corrected chi connectivity index (χ4v) is 6.67. The molecule has 0 aromatic heterocycles. The highest BCUT2D eigenvalue weighted by Gasteiger charge is 2.62. The first-order valence-corrected chi connectivity index (χ1v) is 11.2. The van der Waals surface area contributed by atoms with E-state index in [-0.39, 0.29) is 17.8 Å². The number of hydrogen-bond acceptors (Lipinski definition) is 4. The predicted molar refractivity (Wildman–Crippen MR) is 114 cm³/mol. The van der Waals surface area contributed by atoms with Crippen LogP contribution in [0.1, 0.15) is 66.4 Å². The van der Waals surface area contributed by atoms with E-state index in [9.17, 15) is 15.0 Å². The monoisotopic (exact) mass is 406 g/mol. The molecular weight excluding hydrogens is 376 g/mol. The van der Waals surface area contributed by atoms with E-state index in [0.29, 0.717) is 35.5 Å². The first-order valence-electron chi connectivity index (χ1n) is 11.2. The lowest BCUT2D eigenvalue weighted by Crippen LogP contribution is -2.52. The Kier molecular flexibility index (Phi) is 4.75. The Morgan fingerprint density at radius 3 is 2.70 bits per heavy atom. The Balaban J connectivity index is 1.35. The average molecular weight is 407 g/mol. The highest BCUT2D eigenvalue weighted by atomic mass is 16.6. The van der Waals surface area contributed by atoms with Crippen molar-refractivity contribution < 1.29 is 19.7 Å². The summed E-state index contributed by atoms with van der Waals surface area (Å²) < 4.78 is 6.02. The molecule has 0 radical (unpaired) electrons. The summed E-state index contributed by atoms with van der Waals surface area (Å²) in [6.45, 7) is 2.08. The zero-order valence-electron chi connectivity index (χ0n) is 17.5. The highest BCUT2D eigenvalue weighted by Crippen LogP contribution is 2.64. The fraction of sp³-hybridized carbons (Fsp3) is 0.500. The Morgan fingerprint density at radius 1 is 1.10 bits per heavy atom. The number of Topliss-reactive ketones (excluding diaryl/α,β-unsaturated/α-hetero) is 1. The van der Waals surface area contributed by atoms with Crippen LogP contribution in [0.3, 0.4) is 0 Å². The van der Waals surface area contributed by atoms with Crippen molar-refractivity contribution in [1.29, 1.82) is 0 Å². The van der Waals surface area contributed by atoms with Gasteiger partial charge in [0.1, 0.15) is 12.4 Å². The number of aryl methyl sites for hydroxylation is 1. The number of aliphatic hydroxyl groups is 1. The lowest BCUT2D eigenvalue weighted by Gasteiger charge is -2.52. The van der Waals surface area contributed by atoms with Gasteiger partial charge in [-0.05, 0) is 73.1 Å². The van der Waals surface area contributed by atoms with Crippen molar-refractivity contribution in [3.05, 3.63) is 65.2 Å². The molecule has 30 heavy (non-hydrogen) atoms. The van der Waals surface area contributed by atoms with E-state index in [1.807, 2.05) is 24.3 Å². The maximum Gasteiger partial charge on any atom is 0.188 e. The number of hydrogen-bond donors (Lipinski definition) is 2. The topological polar surface area (TPSA) is 66.8 Å². The third kappa shape index (κ3) is 3.00. The summed E-state index contributed by atoms with van der Waals surface area (Å²) in [4.78, 5) is 12.5. The summed E-state index contributed by atoms with van der Waals surface area (Å²) in [7, 11) is 0. The summed E-state index contributed by atoms with van der Waals surface area (Å²) in [5.74, 6) is 0.400. The van der Waals surface area contributed by atoms with Gasteiger partial charge in [0.25, 0.3) is 0 Å². The standard InChI is InChI=1S/C26H30O4/c1-25-13-11-21-20-10-8-19(27)15-18(20)7-9-22(21)23(25)12-14-26(25,29)30-16-24(28)17-5-3-2-4-6-17/h2-6,8,10,15,21-23,27,29H,7,9,11-14,16H2,1H3/t21-,22-,23+,25+,26-/m1/s1. The lowest BCUT2D eigenvalue weighted by atomic mass is 9.55. The van der Waals surface area contributed by atoms with Crippen LogP contribution in [0.15, 0.2) is 48.5 Å². The zero-order valence-corrected chi connectivity index (χ0v) is 17.5. The average Bonchev–Trinajstić information content (AvgIpc) is 3.03. The first-order chi connectivity index (χ1) is 14.4. The molecule has 2 fully saturated rings. The number of aromatic hydroxyl groups is 1. The van der Waals surface area contributed by atoms with E-state index in [0.717, 1.165) is 32.1 Å². The highest BCUT2D eigenvalue weighted by molar-refractivity contribution is 5.97. The van der Waals surface area contributed by atoms with E-state index in [1.54, 1.807) is 18.2 Å². The summed E-state index contributed by atoms with van der Waals surface area (Å²) in [5.41, 5.74) is 2.94. The molecule has 2 saturated carbocycles. The second-order valence-corrected chi connectivity index (χ2v) is 9.66. The van der Waals surface area contributed by atoms with Crippen LogP contribution in [0.4, 0.5) is 0 Å². The molecule has 2 aromatic carbocycles. The molecule has 5 rings (SSSR count). The number of carbonyl (C=O) groups excluding carboxylic acids is 1. The molecule has 2 N–H and O–H groups in total. The van der Waals surface area contributed by atoms with E-state index >= 15 is 0 Å². The summed E-state index contributed by atoms with van der Waals surface area (Å²) >= 11 is 0. The smallest absolute Gasteiger partial charge is 0.188 e. The Bertz CT molecular complexity index is 955. The minimum Gasteiger partial charge on any atom is -0.508 e. The summed E-state index contributed by atoms with van der Waals surface area (Å²) in [6, 6.07) is 15.0. The Hall–Kier alpha value is -2.17. The quantitative estimate of drug-likeness (QED) is 0.563. The molecule has 158 valence electrons. The van der Waals surface area contributed by atoms with Gasteiger partial charge in [0.15, 0.2) is 11.6 Å². The van der Waals surface area contributed by atoms with Crippen LogP contribution >= 0.6 is 0 Å². The van der Waals surface area contributed by atoms with Crippen LogP contribution in [0.5, 0.6) is 5.75 Å². The van der Waals surface area contributed by atoms with Gasteiger partial charge in [0.2, 0.25) is 0 Å². The largest absolute Gasteiger partial charge is 0.508 e. The fourth-order valence-electron chi connectivity index (χ4n) is 6.67. The molecule has 3 aliphatic rings. The number of ketones is 1. The number of benzene rings is 2. The van der Waals surface area contributed by atoms with Crippen molar-refractivity contribution in [2.45, 2.75) is 57.2 Å². The van der Waals surface area contributed by atoms with Crippen molar-refractivity contribution in [2.75, 3.05) is 6.61 Å². The van der Waals surface area contributed by atoms with E-state index in [4.69, 9.17) is 4.74 Å². The van der Waals surface area contributed by atoms with Gasteiger partial charge >= 0.3 is 0 Å². The third-order valence-corrected chi connectivity index (χ3v) is 8.32. The van der Waals surface area contributed by atoms with Crippen molar-refractivity contribution >= 4 is 5.78 Å². The molecule has 0 heterocycles. The van der Waals surface area contributed by atoms with Gasteiger partial charge in [-0.2, -0.15) is 0 Å². The van der Waals surface area contributed by atoms with E-state index < -0.39 is 5.79 Å². The number of carbonyl (C=O) groups is 1. The molecule has 0 aliphatic heterocycles. The molecule has 0 bridgehead atoms. The maximum atomic E-state index is 12.5. The number of ether oxygens (including phenoxy) is 1. The SMILES string of the molecule is C[C@]12CC[C@@H]3c4ccc(O)cc4CC[C@H]3[C@@H]1CC[C@@]2(O)OCC(=O)c1ccccc1. The lowest BCUT2D eigenvalue weighted by molar-refractivity contribution is -0.266. The Labute approximate surface area is 177 Å². The maximum absolute atomic E-state index is 12.5. The van der Waals surface area contributed by atoms with Crippen LogP contribution in [-0.4, -0.2) is 28.4 Å². The second-order valence-electron chi connectivity index (χ2n) is 9.66. The van der Waals surface area contributed by atoms with Crippen molar-refractivity contribution in [1.82, 2.24) is 0 Å². The second kappa shape index (κ2) is 7.21. The van der Waals surface area contributed by atoms with Crippen molar-refractivity contribution in [3.63, 3.8) is 0 Å². The summed E-state index contributed by atoms with van der Waals surface area (Å²) in [6.07, 6.45) is 5.47. The molecule has 3 aliphatic carbocycles. The minimum atomic E-state index is -1.25. The van der Waals surface area contributed by atoms with Gasteiger partial charge in [-0.15, -0.1) is 0 Å². The van der Waals surface area contributed by atoms with E-state index in [2.05, 4.69) is 13.0 Å². The number of phenolic OH excluding ortho intramolecular Hbond substituents is 1. The molecule has 0 saturated heterocycles. The zero-order chi connectivity index (χ0) is 20.9. The van der Waals surface area contributed by atoms with Gasteiger partial charge in [-0.25, -0.2) is 0 Å². The molecule has 0 unspecified atom stereocenters. The molecule has 4 nitrogen and oxygen atoms in total. The molecule has 5 atom stereocenters. The van der Waals surface area contributed by atoms with Crippen molar-refractivity contribution in [2.24, 2.45) is 17.3 Å². The molecular formula is C26H30O4. The number of phenols is 1. The van der Waals surface area contributed by atoms with Gasteiger partial charge in [0, 0.05) is 17.4 Å². The molecule has 0 amide bonds. The Morgan fingerprint density at radius 2 is 1.90 bits per heavy atom. The van der Waals surface area contributed by atoms with Crippen LogP contribution in [0, 0.1) is 17.3 Å². The molecule has 2 aromatic rings. The van der Waals surface area contributed by atoms with Crippen LogP contribution in [0.25, 0.3) is 0 Å². The minimum absolute atomic E-state index is 0.0843. The van der Waals surface area contributed by atoms with Gasteiger partial charge < -0.3 is 14.9 Å². The molecule has 4 heteroatoms. The van der Waals surface area contributed by atoms with Crippen molar-refractivity contribution in [3.8, 4) is 5.75 Å². The third-order valence-electron chi connectivity index (χ3n) is 8.32. The normalized spacial score (nSPS) is 34.7. The predicted octanol–water partition coefficient (Wildman–Crippen LogP) is 4.84. The first kappa shape index (κ1) is 19.8. The number of fused-ring (bicyclic) bond motifs is 5. The van der Waals surface area contributed by atoms with Crippen LogP contribution in [0.2, 0.25) is 0 Å². The van der Waals surface area contributed by atoms with Gasteiger partial charge in [-0.1, -0.05) is 43.3 Å². The number of rotatable bonds is 4.